The standard InChI is InChI=1S/C14H20N4O2S/c1-14(2)9-18-11-7-5-4-6-10(11)8-16-12(18)21(14)17-20-13(19)15-3/h4,6,8,11H,5,7,9H2,1-3H3,(H,15,19). The van der Waals surface area contributed by atoms with Crippen LogP contribution in [0.15, 0.2) is 33.4 Å². The van der Waals surface area contributed by atoms with E-state index in [0.29, 0.717) is 6.04 Å². The molecule has 3 rings (SSSR count). The second-order valence-corrected chi connectivity index (χ2v) is 8.10. The second-order valence-electron chi connectivity index (χ2n) is 5.91. The number of aliphatic imine (C=N–C) groups is 1. The summed E-state index contributed by atoms with van der Waals surface area (Å²) in [4.78, 5) is 23.1. The van der Waals surface area contributed by atoms with E-state index in [9.17, 15) is 4.79 Å². The fourth-order valence-electron chi connectivity index (χ4n) is 2.86. The van der Waals surface area contributed by atoms with Crippen LogP contribution in [0.5, 0.6) is 0 Å². The van der Waals surface area contributed by atoms with E-state index in [1.807, 2.05) is 6.20 Å². The minimum Gasteiger partial charge on any atom is -0.342 e. The number of hydrogen-bond donors (Lipinski definition) is 1. The number of rotatable bonds is 1. The molecule has 3 aliphatic rings. The van der Waals surface area contributed by atoms with Crippen molar-refractivity contribution < 1.29 is 9.63 Å². The molecule has 7 heteroatoms. The van der Waals surface area contributed by atoms with Gasteiger partial charge in [0.05, 0.1) is 6.04 Å². The molecule has 2 aliphatic heterocycles. The van der Waals surface area contributed by atoms with E-state index in [4.69, 9.17) is 4.84 Å². The quantitative estimate of drug-likeness (QED) is 0.755. The van der Waals surface area contributed by atoms with Crippen LogP contribution in [0.2, 0.25) is 0 Å². The summed E-state index contributed by atoms with van der Waals surface area (Å²) in [5.41, 5.74) is 1.26. The molecule has 0 spiro atoms. The van der Waals surface area contributed by atoms with Gasteiger partial charge < -0.3 is 10.2 Å². The van der Waals surface area contributed by atoms with Crippen molar-refractivity contribution in [2.45, 2.75) is 37.5 Å². The van der Waals surface area contributed by atoms with Crippen molar-refractivity contribution >= 4 is 22.0 Å². The molecule has 2 unspecified atom stereocenters. The lowest BCUT2D eigenvalue weighted by Gasteiger charge is -2.34. The molecule has 0 aromatic carbocycles. The smallest absolute Gasteiger partial charge is 0.342 e. The van der Waals surface area contributed by atoms with E-state index >= 15 is 0 Å². The van der Waals surface area contributed by atoms with E-state index in [1.54, 1.807) is 0 Å². The summed E-state index contributed by atoms with van der Waals surface area (Å²) in [6.07, 6.45) is 7.95. The zero-order valence-electron chi connectivity index (χ0n) is 12.5. The minimum atomic E-state index is -0.542. The monoisotopic (exact) mass is 308 g/mol. The van der Waals surface area contributed by atoms with Gasteiger partial charge in [0, 0.05) is 35.2 Å². The number of nitrogens with zero attached hydrogens (tertiary/aromatic N) is 3. The van der Waals surface area contributed by atoms with Gasteiger partial charge in [-0.3, -0.25) is 4.84 Å². The molecule has 1 fully saturated rings. The van der Waals surface area contributed by atoms with E-state index in [2.05, 4.69) is 45.7 Å². The first-order chi connectivity index (χ1) is 10.0. The third-order valence-corrected chi connectivity index (χ3v) is 5.98. The molecule has 0 aromatic heterocycles. The van der Waals surface area contributed by atoms with E-state index in [1.165, 1.54) is 12.6 Å². The first-order valence-electron chi connectivity index (χ1n) is 7.08. The highest BCUT2D eigenvalue weighted by Gasteiger charge is 2.45. The molecule has 1 amide bonds. The molecule has 0 aromatic rings. The highest BCUT2D eigenvalue weighted by Crippen LogP contribution is 2.36. The van der Waals surface area contributed by atoms with Gasteiger partial charge in [-0.15, -0.1) is 0 Å². The van der Waals surface area contributed by atoms with Crippen molar-refractivity contribution in [3.63, 3.8) is 0 Å². The van der Waals surface area contributed by atoms with Gasteiger partial charge in [-0.2, -0.15) is 0 Å². The topological polar surface area (TPSA) is 66.3 Å². The van der Waals surface area contributed by atoms with Crippen molar-refractivity contribution in [2.75, 3.05) is 13.6 Å². The van der Waals surface area contributed by atoms with Crippen LogP contribution in [-0.2, 0) is 15.5 Å². The Morgan fingerprint density at radius 2 is 2.43 bits per heavy atom. The van der Waals surface area contributed by atoms with Crippen molar-refractivity contribution in [2.24, 2.45) is 9.52 Å². The molecule has 2 atom stereocenters. The van der Waals surface area contributed by atoms with Crippen LogP contribution in [-0.4, -0.2) is 40.5 Å². The third kappa shape index (κ3) is 2.50. The molecule has 0 radical (unpaired) electrons. The number of fused-ring (bicyclic) bond motifs is 3. The van der Waals surface area contributed by atoms with Gasteiger partial charge in [0.25, 0.3) is 0 Å². The van der Waals surface area contributed by atoms with Gasteiger partial charge in [0.2, 0.25) is 0 Å². The first-order valence-corrected chi connectivity index (χ1v) is 8.26. The predicted octanol–water partition coefficient (Wildman–Crippen LogP) is 2.13. The Bertz CT molecular complexity index is 592. The lowest BCUT2D eigenvalue weighted by atomic mass is 9.94. The molecule has 2 heterocycles. The number of allylic oxidation sites excluding steroid dienone is 1. The number of nitrogens with one attached hydrogen (secondary N) is 1. The van der Waals surface area contributed by atoms with Crippen molar-refractivity contribution in [1.29, 1.82) is 0 Å². The summed E-state index contributed by atoms with van der Waals surface area (Å²) in [5, 5.41) is 3.35. The van der Waals surface area contributed by atoms with Gasteiger partial charge >= 0.3 is 6.09 Å². The number of hydrogen-bond acceptors (Lipinski definition) is 5. The molecule has 1 saturated heterocycles. The molecule has 1 N–H and O–H groups in total. The van der Waals surface area contributed by atoms with Crippen LogP contribution >= 0.6 is 0 Å². The zero-order valence-corrected chi connectivity index (χ0v) is 13.3. The Morgan fingerprint density at radius 3 is 3.19 bits per heavy atom. The Labute approximate surface area is 127 Å². The molecule has 0 saturated carbocycles. The molecule has 1 aliphatic carbocycles. The average molecular weight is 308 g/mol. The average Bonchev–Trinajstić information content (AvgIpc) is 2.75. The van der Waals surface area contributed by atoms with E-state index in [0.717, 1.165) is 24.6 Å². The summed E-state index contributed by atoms with van der Waals surface area (Å²) < 4.78 is 4.08. The molecule has 6 nitrogen and oxygen atoms in total. The van der Waals surface area contributed by atoms with Gasteiger partial charge in [0.15, 0.2) is 5.17 Å². The maximum Gasteiger partial charge on any atom is 0.433 e. The third-order valence-electron chi connectivity index (χ3n) is 3.89. The Morgan fingerprint density at radius 1 is 1.62 bits per heavy atom. The lowest BCUT2D eigenvalue weighted by molar-refractivity contribution is 0.155. The van der Waals surface area contributed by atoms with Crippen LogP contribution in [0.3, 0.4) is 0 Å². The Kier molecular flexibility index (Phi) is 3.61. The molecular weight excluding hydrogens is 288 g/mol. The summed E-state index contributed by atoms with van der Waals surface area (Å²) in [6.45, 7) is 5.17. The maximum absolute atomic E-state index is 11.3. The first kappa shape index (κ1) is 14.3. The summed E-state index contributed by atoms with van der Waals surface area (Å²) in [7, 11) is 0.980. The van der Waals surface area contributed by atoms with Crippen LogP contribution in [0.4, 0.5) is 4.79 Å². The van der Waals surface area contributed by atoms with E-state index in [-0.39, 0.29) is 4.75 Å². The fraction of sp³-hybridized carbons (Fsp3) is 0.571. The van der Waals surface area contributed by atoms with E-state index < -0.39 is 16.8 Å². The fourth-order valence-corrected chi connectivity index (χ4v) is 4.59. The number of carbonyl (C=O) groups excluding carboxylic acids is 1. The summed E-state index contributed by atoms with van der Waals surface area (Å²) in [6, 6.07) is 0.384. The van der Waals surface area contributed by atoms with Gasteiger partial charge in [-0.05, 0) is 36.8 Å². The van der Waals surface area contributed by atoms with Gasteiger partial charge in [-0.1, -0.05) is 12.2 Å². The Hall–Kier alpha value is -1.63. The molecule has 114 valence electrons. The zero-order chi connectivity index (χ0) is 15.0. The minimum absolute atomic E-state index is 0.0860. The molecule has 0 bridgehead atoms. The van der Waals surface area contributed by atoms with Crippen LogP contribution in [0, 0.1) is 0 Å². The molecular formula is C14H20N4O2S. The van der Waals surface area contributed by atoms with Crippen molar-refractivity contribution in [3.05, 3.63) is 23.9 Å². The van der Waals surface area contributed by atoms with Crippen molar-refractivity contribution in [1.82, 2.24) is 10.2 Å². The molecule has 21 heavy (non-hydrogen) atoms. The van der Waals surface area contributed by atoms with Crippen LogP contribution in [0.1, 0.15) is 26.7 Å². The van der Waals surface area contributed by atoms with Crippen LogP contribution < -0.4 is 5.32 Å². The predicted molar refractivity (Wildman–Crippen MR) is 83.8 cm³/mol. The normalized spacial score (nSPS) is 29.4. The van der Waals surface area contributed by atoms with Crippen LogP contribution in [0.25, 0.3) is 0 Å². The second kappa shape index (κ2) is 5.29. The number of amidine groups is 1. The maximum atomic E-state index is 11.3. The highest BCUT2D eigenvalue weighted by molar-refractivity contribution is 8.04. The summed E-state index contributed by atoms with van der Waals surface area (Å²) >= 11 is 0. The van der Waals surface area contributed by atoms with Crippen molar-refractivity contribution in [3.8, 4) is 0 Å². The lowest BCUT2D eigenvalue weighted by Crippen LogP contribution is -2.41. The van der Waals surface area contributed by atoms with Gasteiger partial charge in [0.1, 0.15) is 0 Å². The number of amides is 1. The summed E-state index contributed by atoms with van der Waals surface area (Å²) in [5.74, 6) is 0. The Balaban J connectivity index is 1.94. The van der Waals surface area contributed by atoms with Gasteiger partial charge in [-0.25, -0.2) is 9.79 Å². The number of carbonyl (C=O) groups is 1. The highest BCUT2D eigenvalue weighted by atomic mass is 32.2. The largest absolute Gasteiger partial charge is 0.433 e. The SMILES string of the molecule is CNC(=O)ON=S1C2=NC=C3C=CCCC3N2CC1(C)C.